The second kappa shape index (κ2) is 9.34. The van der Waals surface area contributed by atoms with Gasteiger partial charge in [0.25, 0.3) is 0 Å². The van der Waals surface area contributed by atoms with Gasteiger partial charge in [0.15, 0.2) is 11.8 Å². The van der Waals surface area contributed by atoms with Gasteiger partial charge in [-0.3, -0.25) is 4.79 Å². The normalized spacial score (nSPS) is 17.2. The maximum atomic E-state index is 12.5. The van der Waals surface area contributed by atoms with Gasteiger partial charge in [0.2, 0.25) is 5.91 Å². The lowest BCUT2D eigenvalue weighted by atomic mass is 10.2. The Kier molecular flexibility index (Phi) is 6.62. The number of anilines is 1. The van der Waals surface area contributed by atoms with Crippen molar-refractivity contribution in [2.75, 3.05) is 18.0 Å². The molecule has 0 bridgehead atoms. The molecule has 1 aromatic heterocycles. The summed E-state index contributed by atoms with van der Waals surface area (Å²) in [6.07, 6.45) is 2.61. The molecule has 0 radical (unpaired) electrons. The molecule has 2 heterocycles. The molecule has 0 aliphatic carbocycles. The maximum Gasteiger partial charge on any atom is 0.229 e. The Hall–Kier alpha value is -2.90. The monoisotopic (exact) mass is 383 g/mol. The van der Waals surface area contributed by atoms with E-state index in [-0.39, 0.29) is 11.9 Å². The van der Waals surface area contributed by atoms with Gasteiger partial charge < -0.3 is 20.1 Å². The molecule has 1 saturated heterocycles. The zero-order valence-corrected chi connectivity index (χ0v) is 16.9. The van der Waals surface area contributed by atoms with Crippen LogP contribution < -0.4 is 15.5 Å². The summed E-state index contributed by atoms with van der Waals surface area (Å²) in [5, 5.41) is 15.0. The summed E-state index contributed by atoms with van der Waals surface area (Å²) in [7, 11) is 1.94. The highest BCUT2D eigenvalue weighted by atomic mass is 16.2. The van der Waals surface area contributed by atoms with Crippen LogP contribution in [-0.4, -0.2) is 45.8 Å². The Morgan fingerprint density at radius 2 is 2.07 bits per heavy atom. The van der Waals surface area contributed by atoms with Crippen molar-refractivity contribution in [2.24, 2.45) is 12.0 Å². The van der Waals surface area contributed by atoms with Crippen LogP contribution in [0.5, 0.6) is 0 Å². The van der Waals surface area contributed by atoms with Gasteiger partial charge >= 0.3 is 0 Å². The van der Waals surface area contributed by atoms with E-state index in [1.54, 1.807) is 0 Å². The number of nitrogens with zero attached hydrogens (tertiary/aromatic N) is 5. The minimum atomic E-state index is 0.0156. The van der Waals surface area contributed by atoms with E-state index in [1.807, 2.05) is 53.8 Å². The van der Waals surface area contributed by atoms with Crippen molar-refractivity contribution in [3.05, 3.63) is 42.0 Å². The Bertz CT molecular complexity index is 815. The second-order valence-corrected chi connectivity index (χ2v) is 7.05. The number of rotatable bonds is 7. The van der Waals surface area contributed by atoms with Crippen LogP contribution in [0.1, 0.15) is 37.8 Å². The first-order valence-corrected chi connectivity index (χ1v) is 9.83. The average Bonchev–Trinajstić information content (AvgIpc) is 3.23. The van der Waals surface area contributed by atoms with Gasteiger partial charge in [-0.05, 0) is 25.5 Å². The third kappa shape index (κ3) is 4.88. The van der Waals surface area contributed by atoms with Crippen LogP contribution in [-0.2, 0) is 18.4 Å². The summed E-state index contributed by atoms with van der Waals surface area (Å²) in [6, 6.07) is 9.80. The first-order valence-electron chi connectivity index (χ1n) is 9.83. The van der Waals surface area contributed by atoms with Crippen LogP contribution >= 0.6 is 0 Å². The number of benzene rings is 1. The lowest BCUT2D eigenvalue weighted by Gasteiger charge is -2.19. The summed E-state index contributed by atoms with van der Waals surface area (Å²) in [6.45, 7) is 5.97. The fourth-order valence-corrected chi connectivity index (χ4v) is 3.13. The molecular formula is C20H29N7O. The second-order valence-electron chi connectivity index (χ2n) is 7.05. The molecule has 1 amide bonds. The highest BCUT2D eigenvalue weighted by Crippen LogP contribution is 2.20. The molecule has 1 fully saturated rings. The van der Waals surface area contributed by atoms with Crippen molar-refractivity contribution in [1.29, 1.82) is 0 Å². The third-order valence-corrected chi connectivity index (χ3v) is 4.92. The zero-order valence-electron chi connectivity index (χ0n) is 16.9. The van der Waals surface area contributed by atoms with E-state index in [1.165, 1.54) is 0 Å². The van der Waals surface area contributed by atoms with Crippen molar-refractivity contribution >= 4 is 17.6 Å². The molecule has 0 saturated carbocycles. The number of carbonyl (C=O) groups excluding carboxylic acids is 1. The van der Waals surface area contributed by atoms with Gasteiger partial charge in [0.05, 0.1) is 6.04 Å². The van der Waals surface area contributed by atoms with Crippen molar-refractivity contribution in [3.63, 3.8) is 0 Å². The van der Waals surface area contributed by atoms with E-state index >= 15 is 0 Å². The summed E-state index contributed by atoms with van der Waals surface area (Å²) in [5.41, 5.74) is 0.934. The van der Waals surface area contributed by atoms with Crippen LogP contribution in [0.15, 0.2) is 35.3 Å². The number of para-hydroxylation sites is 1. The van der Waals surface area contributed by atoms with Gasteiger partial charge in [-0.25, -0.2) is 4.99 Å². The molecular weight excluding hydrogens is 354 g/mol. The fourth-order valence-electron chi connectivity index (χ4n) is 3.13. The minimum absolute atomic E-state index is 0.0156. The molecule has 3 rings (SSSR count). The van der Waals surface area contributed by atoms with Crippen LogP contribution in [0.4, 0.5) is 5.69 Å². The number of nitrogens with one attached hydrogen (secondary N) is 2. The average molecular weight is 384 g/mol. The van der Waals surface area contributed by atoms with Crippen molar-refractivity contribution in [3.8, 4) is 0 Å². The number of carbonyl (C=O) groups is 1. The Morgan fingerprint density at radius 3 is 2.75 bits per heavy atom. The Balaban J connectivity index is 1.66. The largest absolute Gasteiger partial charge is 0.356 e. The molecule has 150 valence electrons. The third-order valence-electron chi connectivity index (χ3n) is 4.92. The van der Waals surface area contributed by atoms with Gasteiger partial charge in [-0.15, -0.1) is 10.2 Å². The molecule has 1 atom stereocenters. The standard InChI is InChI=1S/C20H29N7O/c1-4-5-11-21-20(22-13-18-25-24-15(2)26(18)3)23-16-12-19(28)27(14-16)17-9-7-6-8-10-17/h6-10,16H,4-5,11-14H2,1-3H3,(H2,21,22,23). The summed E-state index contributed by atoms with van der Waals surface area (Å²) in [5.74, 6) is 2.50. The van der Waals surface area contributed by atoms with Crippen LogP contribution in [0, 0.1) is 6.92 Å². The first kappa shape index (κ1) is 19.9. The quantitative estimate of drug-likeness (QED) is 0.432. The van der Waals surface area contributed by atoms with E-state index in [9.17, 15) is 4.79 Å². The van der Waals surface area contributed by atoms with Gasteiger partial charge in [0, 0.05) is 32.2 Å². The van der Waals surface area contributed by atoms with Gasteiger partial charge in [-0.1, -0.05) is 31.5 Å². The van der Waals surface area contributed by atoms with Crippen LogP contribution in [0.2, 0.25) is 0 Å². The molecule has 1 aromatic carbocycles. The number of hydrogen-bond acceptors (Lipinski definition) is 4. The van der Waals surface area contributed by atoms with E-state index in [0.29, 0.717) is 25.5 Å². The van der Waals surface area contributed by atoms with E-state index in [0.717, 1.165) is 36.7 Å². The van der Waals surface area contributed by atoms with Crippen molar-refractivity contribution < 1.29 is 4.79 Å². The van der Waals surface area contributed by atoms with Gasteiger partial charge in [0.1, 0.15) is 12.4 Å². The summed E-state index contributed by atoms with van der Waals surface area (Å²) < 4.78 is 1.93. The maximum absolute atomic E-state index is 12.5. The molecule has 1 aliphatic heterocycles. The Labute approximate surface area is 166 Å². The zero-order chi connectivity index (χ0) is 19.9. The smallest absolute Gasteiger partial charge is 0.229 e. The number of guanidine groups is 1. The molecule has 1 unspecified atom stereocenters. The molecule has 28 heavy (non-hydrogen) atoms. The minimum Gasteiger partial charge on any atom is -0.356 e. The van der Waals surface area contributed by atoms with Crippen LogP contribution in [0.3, 0.4) is 0 Å². The molecule has 8 nitrogen and oxygen atoms in total. The SMILES string of the molecule is CCCCNC(=NCc1nnc(C)n1C)NC1CC(=O)N(c2ccccc2)C1. The van der Waals surface area contributed by atoms with Gasteiger partial charge in [-0.2, -0.15) is 0 Å². The van der Waals surface area contributed by atoms with E-state index in [4.69, 9.17) is 0 Å². The lowest BCUT2D eigenvalue weighted by molar-refractivity contribution is -0.117. The van der Waals surface area contributed by atoms with Crippen molar-refractivity contribution in [2.45, 2.75) is 45.7 Å². The van der Waals surface area contributed by atoms with E-state index < -0.39 is 0 Å². The number of aryl methyl sites for hydroxylation is 1. The number of amides is 1. The fraction of sp³-hybridized carbons (Fsp3) is 0.500. The molecule has 1 aliphatic rings. The predicted molar refractivity (Wildman–Crippen MR) is 110 cm³/mol. The highest BCUT2D eigenvalue weighted by molar-refractivity contribution is 5.97. The topological polar surface area (TPSA) is 87.4 Å². The molecule has 2 N–H and O–H groups in total. The molecule has 0 spiro atoms. The number of unbranched alkanes of at least 4 members (excludes halogenated alkanes) is 1. The summed E-state index contributed by atoms with van der Waals surface area (Å²) >= 11 is 0. The molecule has 2 aromatic rings. The number of aromatic nitrogens is 3. The summed E-state index contributed by atoms with van der Waals surface area (Å²) in [4.78, 5) is 19.0. The van der Waals surface area contributed by atoms with Crippen LogP contribution in [0.25, 0.3) is 0 Å². The Morgan fingerprint density at radius 1 is 1.29 bits per heavy atom. The highest BCUT2D eigenvalue weighted by Gasteiger charge is 2.31. The number of aliphatic imine (C=N–C) groups is 1. The number of hydrogen-bond donors (Lipinski definition) is 2. The first-order chi connectivity index (χ1) is 13.6. The molecule has 8 heteroatoms. The predicted octanol–water partition coefficient (Wildman–Crippen LogP) is 1.76. The lowest BCUT2D eigenvalue weighted by Crippen LogP contribution is -2.45. The van der Waals surface area contributed by atoms with Crippen molar-refractivity contribution in [1.82, 2.24) is 25.4 Å². The van der Waals surface area contributed by atoms with E-state index in [2.05, 4.69) is 32.7 Å².